The summed E-state index contributed by atoms with van der Waals surface area (Å²) in [6.45, 7) is 1.52. The maximum atomic E-state index is 11.0. The van der Waals surface area contributed by atoms with Crippen molar-refractivity contribution >= 4 is 17.0 Å². The van der Waals surface area contributed by atoms with Gasteiger partial charge in [-0.15, -0.1) is 0 Å². The Labute approximate surface area is 118 Å². The Morgan fingerprint density at radius 2 is 2.20 bits per heavy atom. The van der Waals surface area contributed by atoms with E-state index in [2.05, 4.69) is 0 Å². The number of benzene rings is 1. The summed E-state index contributed by atoms with van der Waals surface area (Å²) >= 11 is 0.987. The van der Waals surface area contributed by atoms with Gasteiger partial charge in [0, 0.05) is 10.9 Å². The summed E-state index contributed by atoms with van der Waals surface area (Å²) in [6, 6.07) is 9.70. The second-order valence-electron chi connectivity index (χ2n) is 3.96. The first-order chi connectivity index (χ1) is 9.52. The molecule has 6 nitrogen and oxygen atoms in total. The second kappa shape index (κ2) is 5.69. The average Bonchev–Trinajstić information content (AvgIpc) is 2.84. The Balaban J connectivity index is 2.43. The van der Waals surface area contributed by atoms with Crippen molar-refractivity contribution in [2.45, 2.75) is 13.0 Å². The molecule has 0 radical (unpaired) electrons. The highest BCUT2D eigenvalue weighted by Gasteiger charge is 2.23. The highest BCUT2D eigenvalue weighted by atomic mass is 32.1. The van der Waals surface area contributed by atoms with Gasteiger partial charge in [0.1, 0.15) is 11.8 Å². The first-order valence-corrected chi connectivity index (χ1v) is 6.47. The summed E-state index contributed by atoms with van der Waals surface area (Å²) in [5.74, 6) is 0.247. The Morgan fingerprint density at radius 1 is 1.50 bits per heavy atom. The van der Waals surface area contributed by atoms with Gasteiger partial charge >= 0.3 is 5.69 Å². The summed E-state index contributed by atoms with van der Waals surface area (Å²) in [6.07, 6.45) is -0.817. The number of aliphatic hydroxyl groups is 1. The van der Waals surface area contributed by atoms with Gasteiger partial charge in [-0.3, -0.25) is 10.1 Å². The largest absolute Gasteiger partial charge is 0.439 e. The molecule has 1 N–H and O–H groups in total. The lowest BCUT2D eigenvalue weighted by Gasteiger charge is -2.04. The fourth-order valence-electron chi connectivity index (χ4n) is 1.54. The van der Waals surface area contributed by atoms with Gasteiger partial charge in [0.15, 0.2) is 0 Å². The van der Waals surface area contributed by atoms with Crippen LogP contribution in [0.3, 0.4) is 0 Å². The number of hydrogen-bond acceptors (Lipinski definition) is 6. The standard InChI is InChI=1S/C13H10N2O4S/c1-8(16)12-6-10(15(17)18)13(20-12)19-11-5-3-2-4-9(11)7-14/h2-6,8,16H,1H3. The number of ether oxygens (including phenoxy) is 1. The highest BCUT2D eigenvalue weighted by molar-refractivity contribution is 7.14. The van der Waals surface area contributed by atoms with Crippen LogP contribution in [0.4, 0.5) is 5.69 Å². The van der Waals surface area contributed by atoms with Gasteiger partial charge in [0.25, 0.3) is 5.06 Å². The lowest BCUT2D eigenvalue weighted by molar-refractivity contribution is -0.385. The van der Waals surface area contributed by atoms with Crippen molar-refractivity contribution in [2.75, 3.05) is 0 Å². The number of rotatable bonds is 4. The van der Waals surface area contributed by atoms with E-state index in [0.717, 1.165) is 11.3 Å². The van der Waals surface area contributed by atoms with Crippen LogP contribution in [-0.2, 0) is 0 Å². The van der Waals surface area contributed by atoms with Gasteiger partial charge < -0.3 is 9.84 Å². The second-order valence-corrected chi connectivity index (χ2v) is 5.01. The predicted octanol–water partition coefficient (Wildman–Crippen LogP) is 3.37. The summed E-state index contributed by atoms with van der Waals surface area (Å²) in [4.78, 5) is 10.8. The van der Waals surface area contributed by atoms with Crippen molar-refractivity contribution in [2.24, 2.45) is 0 Å². The molecule has 0 aliphatic heterocycles. The van der Waals surface area contributed by atoms with Crippen LogP contribution in [-0.4, -0.2) is 10.0 Å². The molecular formula is C13H10N2O4S. The molecule has 0 saturated carbocycles. The molecule has 0 aliphatic carbocycles. The Kier molecular flexibility index (Phi) is 3.98. The molecule has 2 aromatic rings. The zero-order valence-electron chi connectivity index (χ0n) is 10.4. The zero-order chi connectivity index (χ0) is 14.7. The van der Waals surface area contributed by atoms with E-state index < -0.39 is 11.0 Å². The third kappa shape index (κ3) is 2.77. The van der Waals surface area contributed by atoms with Gasteiger partial charge in [-0.1, -0.05) is 23.5 Å². The third-order valence-corrected chi connectivity index (χ3v) is 3.69. The predicted molar refractivity (Wildman–Crippen MR) is 72.8 cm³/mol. The van der Waals surface area contributed by atoms with Crippen LogP contribution in [0.2, 0.25) is 0 Å². The average molecular weight is 290 g/mol. The Bertz CT molecular complexity index is 688. The molecule has 20 heavy (non-hydrogen) atoms. The first-order valence-electron chi connectivity index (χ1n) is 5.66. The quantitative estimate of drug-likeness (QED) is 0.687. The maximum Gasteiger partial charge on any atom is 0.323 e. The number of hydrogen-bond donors (Lipinski definition) is 1. The number of nitro groups is 1. The first kappa shape index (κ1) is 14.0. The molecule has 7 heteroatoms. The fraction of sp³-hybridized carbons (Fsp3) is 0.154. The van der Waals surface area contributed by atoms with E-state index >= 15 is 0 Å². The van der Waals surface area contributed by atoms with Gasteiger partial charge in [-0.2, -0.15) is 5.26 Å². The maximum absolute atomic E-state index is 11.0. The molecule has 1 unspecified atom stereocenters. The molecule has 0 bridgehead atoms. The number of nitrogens with zero attached hydrogens (tertiary/aromatic N) is 2. The topological polar surface area (TPSA) is 96.4 Å². The minimum Gasteiger partial charge on any atom is -0.439 e. The molecule has 1 aromatic carbocycles. The van der Waals surface area contributed by atoms with Crippen molar-refractivity contribution < 1.29 is 14.8 Å². The summed E-state index contributed by atoms with van der Waals surface area (Å²) in [5.41, 5.74) is 0.0624. The Hall–Kier alpha value is -2.43. The number of para-hydroxylation sites is 1. The van der Waals surface area contributed by atoms with Gasteiger partial charge in [0.2, 0.25) is 0 Å². The summed E-state index contributed by atoms with van der Waals surface area (Å²) < 4.78 is 5.47. The smallest absolute Gasteiger partial charge is 0.323 e. The lowest BCUT2D eigenvalue weighted by Crippen LogP contribution is -1.91. The lowest BCUT2D eigenvalue weighted by atomic mass is 10.2. The van der Waals surface area contributed by atoms with Crippen LogP contribution in [0, 0.1) is 21.4 Å². The minimum atomic E-state index is -0.817. The van der Waals surface area contributed by atoms with Gasteiger partial charge in [0.05, 0.1) is 16.6 Å². The third-order valence-electron chi connectivity index (χ3n) is 2.52. The molecule has 0 saturated heterocycles. The zero-order valence-corrected chi connectivity index (χ0v) is 11.3. The summed E-state index contributed by atoms with van der Waals surface area (Å²) in [5, 5.41) is 29.5. The van der Waals surface area contributed by atoms with Crippen LogP contribution in [0.1, 0.15) is 23.5 Å². The van der Waals surface area contributed by atoms with Crippen LogP contribution >= 0.6 is 11.3 Å². The van der Waals surface area contributed by atoms with E-state index in [0.29, 0.717) is 4.88 Å². The van der Waals surface area contributed by atoms with Crippen molar-refractivity contribution in [3.05, 3.63) is 50.9 Å². The van der Waals surface area contributed by atoms with Gasteiger partial charge in [-0.25, -0.2) is 0 Å². The van der Waals surface area contributed by atoms with E-state index in [1.54, 1.807) is 24.3 Å². The van der Waals surface area contributed by atoms with E-state index in [1.165, 1.54) is 13.0 Å². The fourth-order valence-corrected chi connectivity index (χ4v) is 2.46. The van der Waals surface area contributed by atoms with E-state index in [-0.39, 0.29) is 22.1 Å². The van der Waals surface area contributed by atoms with E-state index in [9.17, 15) is 15.2 Å². The molecule has 0 fully saturated rings. The van der Waals surface area contributed by atoms with Crippen LogP contribution in [0.5, 0.6) is 10.8 Å². The van der Waals surface area contributed by atoms with Crippen LogP contribution < -0.4 is 4.74 Å². The molecule has 1 aromatic heterocycles. The Morgan fingerprint density at radius 3 is 2.80 bits per heavy atom. The SMILES string of the molecule is CC(O)c1cc([N+](=O)[O-])c(Oc2ccccc2C#N)s1. The molecule has 0 amide bonds. The molecule has 102 valence electrons. The van der Waals surface area contributed by atoms with Crippen molar-refractivity contribution in [1.82, 2.24) is 0 Å². The van der Waals surface area contributed by atoms with Crippen molar-refractivity contribution in [3.8, 4) is 16.9 Å². The number of thiophene rings is 1. The van der Waals surface area contributed by atoms with E-state index in [4.69, 9.17) is 10.00 Å². The number of nitriles is 1. The monoisotopic (exact) mass is 290 g/mol. The molecule has 1 heterocycles. The van der Waals surface area contributed by atoms with Gasteiger partial charge in [-0.05, 0) is 19.1 Å². The molecule has 1 atom stereocenters. The normalized spacial score (nSPS) is 11.7. The van der Waals surface area contributed by atoms with Crippen molar-refractivity contribution in [1.29, 1.82) is 5.26 Å². The van der Waals surface area contributed by atoms with Crippen molar-refractivity contribution in [3.63, 3.8) is 0 Å². The van der Waals surface area contributed by atoms with E-state index in [1.807, 2.05) is 6.07 Å². The summed E-state index contributed by atoms with van der Waals surface area (Å²) in [7, 11) is 0. The minimum absolute atomic E-state index is 0.0496. The number of aliphatic hydroxyl groups excluding tert-OH is 1. The van der Waals surface area contributed by atoms with Crippen LogP contribution in [0.15, 0.2) is 30.3 Å². The molecule has 0 spiro atoms. The molecule has 0 aliphatic rings. The molecule has 2 rings (SSSR count). The highest BCUT2D eigenvalue weighted by Crippen LogP contribution is 2.42. The van der Waals surface area contributed by atoms with Crippen LogP contribution in [0.25, 0.3) is 0 Å². The molecular weight excluding hydrogens is 280 g/mol.